The molecule has 2 rings (SSSR count). The molecule has 0 radical (unpaired) electrons. The second-order valence-corrected chi connectivity index (χ2v) is 5.58. The normalized spacial score (nSPS) is 12.2. The summed E-state index contributed by atoms with van der Waals surface area (Å²) in [5.74, 6) is 7.55. The van der Waals surface area contributed by atoms with Crippen LogP contribution in [-0.2, 0) is 12.8 Å². The van der Waals surface area contributed by atoms with Crippen LogP contribution in [0.25, 0.3) is 0 Å². The van der Waals surface area contributed by atoms with Crippen LogP contribution in [0.1, 0.15) is 42.5 Å². The van der Waals surface area contributed by atoms with Gasteiger partial charge in [0.25, 0.3) is 0 Å². The van der Waals surface area contributed by atoms with Gasteiger partial charge in [0.1, 0.15) is 22.5 Å². The zero-order valence-corrected chi connectivity index (χ0v) is 12.8. The molecule has 108 valence electrons. The molecule has 7 heteroatoms. The van der Waals surface area contributed by atoms with Crippen molar-refractivity contribution in [1.29, 1.82) is 0 Å². The number of rotatable bonds is 6. The number of nitrogens with two attached hydrogens (primary N) is 1. The van der Waals surface area contributed by atoms with Crippen molar-refractivity contribution in [3.63, 3.8) is 0 Å². The first kappa shape index (κ1) is 14.7. The highest BCUT2D eigenvalue weighted by Gasteiger charge is 2.12. The van der Waals surface area contributed by atoms with Crippen LogP contribution in [0, 0.1) is 0 Å². The van der Waals surface area contributed by atoms with Crippen LogP contribution in [0.5, 0.6) is 0 Å². The third-order valence-electron chi connectivity index (χ3n) is 2.89. The Morgan fingerprint density at radius 3 is 2.60 bits per heavy atom. The molecule has 0 fully saturated rings. The fraction of sp³-hybridized carbons (Fsp3) is 0.462. The number of aryl methyl sites for hydroxylation is 2. The first-order valence-electron chi connectivity index (χ1n) is 6.72. The Bertz CT molecular complexity index is 545. The van der Waals surface area contributed by atoms with Crippen molar-refractivity contribution in [2.75, 3.05) is 10.7 Å². The zero-order chi connectivity index (χ0) is 14.5. The second-order valence-electron chi connectivity index (χ2n) is 4.44. The van der Waals surface area contributed by atoms with Crippen LogP contribution in [0.4, 0.5) is 11.6 Å². The maximum atomic E-state index is 5.43. The van der Waals surface area contributed by atoms with Crippen LogP contribution in [0.2, 0.25) is 0 Å². The Kier molecular flexibility index (Phi) is 4.86. The average molecular weight is 292 g/mol. The number of hydrazine groups is 1. The molecule has 2 aromatic heterocycles. The van der Waals surface area contributed by atoms with Gasteiger partial charge in [-0.2, -0.15) is 0 Å². The number of nitrogens with zero attached hydrogens (tertiary/aromatic N) is 3. The van der Waals surface area contributed by atoms with Gasteiger partial charge in [0.05, 0.1) is 6.04 Å². The third kappa shape index (κ3) is 3.43. The fourth-order valence-electron chi connectivity index (χ4n) is 1.77. The van der Waals surface area contributed by atoms with Gasteiger partial charge in [0.2, 0.25) is 0 Å². The van der Waals surface area contributed by atoms with E-state index in [0.717, 1.165) is 29.5 Å². The molecular formula is C13H20N6S. The fourth-order valence-corrected chi connectivity index (χ4v) is 2.63. The van der Waals surface area contributed by atoms with E-state index in [1.807, 2.05) is 13.1 Å². The summed E-state index contributed by atoms with van der Waals surface area (Å²) in [5, 5.41) is 4.40. The molecule has 20 heavy (non-hydrogen) atoms. The molecule has 1 unspecified atom stereocenters. The van der Waals surface area contributed by atoms with Crippen LogP contribution >= 0.6 is 11.3 Å². The summed E-state index contributed by atoms with van der Waals surface area (Å²) in [7, 11) is 0. The predicted octanol–water partition coefficient (Wildman–Crippen LogP) is 2.52. The third-order valence-corrected chi connectivity index (χ3v) is 4.22. The molecule has 0 saturated carbocycles. The molecule has 0 bridgehead atoms. The van der Waals surface area contributed by atoms with E-state index in [0.29, 0.717) is 5.82 Å². The van der Waals surface area contributed by atoms with Gasteiger partial charge in [-0.05, 0) is 13.3 Å². The highest BCUT2D eigenvalue weighted by molar-refractivity contribution is 7.11. The van der Waals surface area contributed by atoms with E-state index in [1.165, 1.54) is 4.88 Å². The van der Waals surface area contributed by atoms with Crippen molar-refractivity contribution in [1.82, 2.24) is 15.0 Å². The largest absolute Gasteiger partial charge is 0.361 e. The van der Waals surface area contributed by atoms with Crippen LogP contribution in [-0.4, -0.2) is 15.0 Å². The Morgan fingerprint density at radius 2 is 2.00 bits per heavy atom. The molecule has 0 saturated heterocycles. The second kappa shape index (κ2) is 6.62. The van der Waals surface area contributed by atoms with Crippen LogP contribution < -0.4 is 16.6 Å². The van der Waals surface area contributed by atoms with E-state index in [4.69, 9.17) is 5.84 Å². The standard InChI is InChI=1S/C13H20N6S/c1-4-9-7-15-13(20-9)8(3)16-11-6-12(19-14)18-10(5-2)17-11/h6-8H,4-5,14H2,1-3H3,(H2,16,17,18,19). The summed E-state index contributed by atoms with van der Waals surface area (Å²) in [6.45, 7) is 6.21. The molecule has 0 aromatic carbocycles. The van der Waals surface area contributed by atoms with Gasteiger partial charge in [-0.1, -0.05) is 13.8 Å². The van der Waals surface area contributed by atoms with E-state index in [-0.39, 0.29) is 6.04 Å². The van der Waals surface area contributed by atoms with Crippen molar-refractivity contribution >= 4 is 23.0 Å². The molecule has 0 aliphatic rings. The lowest BCUT2D eigenvalue weighted by Gasteiger charge is -2.13. The number of nitrogens with one attached hydrogen (secondary N) is 2. The molecule has 1 atom stereocenters. The van der Waals surface area contributed by atoms with Gasteiger partial charge < -0.3 is 10.7 Å². The minimum absolute atomic E-state index is 0.102. The number of hydrogen-bond acceptors (Lipinski definition) is 7. The zero-order valence-electron chi connectivity index (χ0n) is 12.0. The van der Waals surface area contributed by atoms with E-state index in [1.54, 1.807) is 17.4 Å². The van der Waals surface area contributed by atoms with Crippen molar-refractivity contribution in [3.8, 4) is 0 Å². The molecule has 0 aliphatic carbocycles. The first-order chi connectivity index (χ1) is 9.66. The number of thiazole rings is 1. The summed E-state index contributed by atoms with van der Waals surface area (Å²) >= 11 is 1.72. The van der Waals surface area contributed by atoms with E-state index < -0.39 is 0 Å². The molecule has 2 aromatic rings. The highest BCUT2D eigenvalue weighted by Crippen LogP contribution is 2.24. The molecular weight excluding hydrogens is 272 g/mol. The summed E-state index contributed by atoms with van der Waals surface area (Å²) < 4.78 is 0. The Labute approximate surface area is 122 Å². The molecule has 4 N–H and O–H groups in total. The number of aromatic nitrogens is 3. The van der Waals surface area contributed by atoms with E-state index in [9.17, 15) is 0 Å². The summed E-state index contributed by atoms with van der Waals surface area (Å²) in [6.07, 6.45) is 3.71. The Hall–Kier alpha value is -1.73. The molecule has 0 aliphatic heterocycles. The molecule has 6 nitrogen and oxygen atoms in total. The lowest BCUT2D eigenvalue weighted by Crippen LogP contribution is -2.13. The number of nitrogen functional groups attached to an aromatic ring is 1. The van der Waals surface area contributed by atoms with E-state index >= 15 is 0 Å². The first-order valence-corrected chi connectivity index (χ1v) is 7.53. The van der Waals surface area contributed by atoms with E-state index in [2.05, 4.69) is 39.5 Å². The van der Waals surface area contributed by atoms with Gasteiger partial charge in [0, 0.05) is 23.6 Å². The molecule has 0 spiro atoms. The quantitative estimate of drug-likeness (QED) is 0.560. The Balaban J connectivity index is 2.15. The lowest BCUT2D eigenvalue weighted by molar-refractivity contribution is 0.846. The topological polar surface area (TPSA) is 88.8 Å². The van der Waals surface area contributed by atoms with Gasteiger partial charge in [0.15, 0.2) is 0 Å². The molecule has 2 heterocycles. The maximum Gasteiger partial charge on any atom is 0.145 e. The van der Waals surface area contributed by atoms with Gasteiger partial charge in [-0.3, -0.25) is 0 Å². The SMILES string of the molecule is CCc1nc(NN)cc(NC(C)c2ncc(CC)s2)n1. The molecule has 0 amide bonds. The van der Waals surface area contributed by atoms with Crippen molar-refractivity contribution in [2.24, 2.45) is 5.84 Å². The number of hydrogen-bond donors (Lipinski definition) is 3. The van der Waals surface area contributed by atoms with Crippen LogP contribution in [0.3, 0.4) is 0 Å². The van der Waals surface area contributed by atoms with Gasteiger partial charge in [-0.25, -0.2) is 20.8 Å². The van der Waals surface area contributed by atoms with Gasteiger partial charge >= 0.3 is 0 Å². The summed E-state index contributed by atoms with van der Waals surface area (Å²) in [6, 6.07) is 1.90. The lowest BCUT2D eigenvalue weighted by atomic mass is 10.3. The minimum Gasteiger partial charge on any atom is -0.361 e. The van der Waals surface area contributed by atoms with Crippen molar-refractivity contribution in [3.05, 3.63) is 28.0 Å². The Morgan fingerprint density at radius 1 is 1.25 bits per heavy atom. The van der Waals surface area contributed by atoms with Gasteiger partial charge in [-0.15, -0.1) is 11.3 Å². The maximum absolute atomic E-state index is 5.43. The van der Waals surface area contributed by atoms with Crippen LogP contribution in [0.15, 0.2) is 12.3 Å². The number of anilines is 2. The van der Waals surface area contributed by atoms with Crippen molar-refractivity contribution in [2.45, 2.75) is 39.7 Å². The summed E-state index contributed by atoms with van der Waals surface area (Å²) in [4.78, 5) is 14.4. The van der Waals surface area contributed by atoms with Crippen molar-refractivity contribution < 1.29 is 0 Å². The highest BCUT2D eigenvalue weighted by atomic mass is 32.1. The summed E-state index contributed by atoms with van der Waals surface area (Å²) in [5.41, 5.74) is 2.56. The monoisotopic (exact) mass is 292 g/mol. The predicted molar refractivity (Wildman–Crippen MR) is 82.7 cm³/mol. The smallest absolute Gasteiger partial charge is 0.145 e. The minimum atomic E-state index is 0.102. The average Bonchev–Trinajstić information content (AvgIpc) is 2.95.